The number of anilines is 1. The summed E-state index contributed by atoms with van der Waals surface area (Å²) in [6.45, 7) is 9.80. The molecule has 6 heteroatoms. The van der Waals surface area contributed by atoms with E-state index in [9.17, 15) is 0 Å². The number of hydrogen-bond acceptors (Lipinski definition) is 4. The Bertz CT molecular complexity index is 1020. The van der Waals surface area contributed by atoms with E-state index in [0.717, 1.165) is 37.2 Å². The van der Waals surface area contributed by atoms with Crippen molar-refractivity contribution >= 4 is 40.3 Å². The SMILES string of the molecule is Cc1ccc2oc(N[C@@H](CN3CCC(Cc4ccc(Cl)c(Cl)c4)CC3)C(C)C)nc2c1. The van der Waals surface area contributed by atoms with Crippen LogP contribution >= 0.6 is 23.2 Å². The molecule has 0 bridgehead atoms. The minimum Gasteiger partial charge on any atom is -0.424 e. The zero-order chi connectivity index (χ0) is 22.0. The Morgan fingerprint density at radius 3 is 2.58 bits per heavy atom. The molecular weight excluding hydrogens is 429 g/mol. The molecule has 0 amide bonds. The first-order valence-corrected chi connectivity index (χ1v) is 11.9. The van der Waals surface area contributed by atoms with Gasteiger partial charge in [0, 0.05) is 12.6 Å². The van der Waals surface area contributed by atoms with Gasteiger partial charge in [0.05, 0.1) is 10.0 Å². The van der Waals surface area contributed by atoms with Crippen molar-refractivity contribution in [3.05, 3.63) is 57.6 Å². The number of fused-ring (bicyclic) bond motifs is 1. The van der Waals surface area contributed by atoms with Crippen LogP contribution < -0.4 is 5.32 Å². The first-order valence-electron chi connectivity index (χ1n) is 11.2. The van der Waals surface area contributed by atoms with E-state index in [0.29, 0.717) is 33.9 Å². The van der Waals surface area contributed by atoms with Gasteiger partial charge in [-0.3, -0.25) is 0 Å². The summed E-state index contributed by atoms with van der Waals surface area (Å²) in [5.41, 5.74) is 4.21. The smallest absolute Gasteiger partial charge is 0.295 e. The largest absolute Gasteiger partial charge is 0.424 e. The molecule has 0 radical (unpaired) electrons. The number of aryl methyl sites for hydroxylation is 1. The van der Waals surface area contributed by atoms with Crippen LogP contribution in [0.15, 0.2) is 40.8 Å². The zero-order valence-corrected chi connectivity index (χ0v) is 20.0. The minimum atomic E-state index is 0.292. The molecule has 31 heavy (non-hydrogen) atoms. The van der Waals surface area contributed by atoms with Crippen LogP contribution in [0.25, 0.3) is 11.1 Å². The Morgan fingerprint density at radius 1 is 1.10 bits per heavy atom. The number of piperidine rings is 1. The fourth-order valence-electron chi connectivity index (χ4n) is 4.33. The Morgan fingerprint density at radius 2 is 1.87 bits per heavy atom. The standard InChI is InChI=1S/C25H31Cl2N3O/c1-16(2)23(29-25-28-22-12-17(3)4-7-24(22)31-25)15-30-10-8-18(9-11-30)13-19-5-6-20(26)21(27)14-19/h4-7,12,14,16,18,23H,8-11,13,15H2,1-3H3,(H,28,29)/t23-/m0/s1. The van der Waals surface area contributed by atoms with E-state index < -0.39 is 0 Å². The van der Waals surface area contributed by atoms with Gasteiger partial charge in [-0.1, -0.05) is 49.2 Å². The summed E-state index contributed by atoms with van der Waals surface area (Å²) < 4.78 is 5.93. The Labute approximate surface area is 194 Å². The van der Waals surface area contributed by atoms with E-state index in [1.807, 2.05) is 18.2 Å². The van der Waals surface area contributed by atoms with Gasteiger partial charge in [0.15, 0.2) is 5.58 Å². The molecule has 1 aromatic heterocycles. The van der Waals surface area contributed by atoms with Crippen LogP contribution in [-0.2, 0) is 6.42 Å². The number of rotatable bonds is 7. The maximum atomic E-state index is 6.18. The van der Waals surface area contributed by atoms with Gasteiger partial charge in [0.2, 0.25) is 0 Å². The second kappa shape index (κ2) is 9.81. The van der Waals surface area contributed by atoms with Crippen LogP contribution in [0.2, 0.25) is 10.0 Å². The highest BCUT2D eigenvalue weighted by Crippen LogP contribution is 2.28. The highest BCUT2D eigenvalue weighted by Gasteiger charge is 2.24. The number of hydrogen-bond donors (Lipinski definition) is 1. The van der Waals surface area contributed by atoms with Crippen molar-refractivity contribution in [3.63, 3.8) is 0 Å². The topological polar surface area (TPSA) is 41.3 Å². The molecule has 2 heterocycles. The van der Waals surface area contributed by atoms with Crippen LogP contribution in [0.5, 0.6) is 0 Å². The molecule has 1 aliphatic rings. The second-order valence-corrected chi connectivity index (χ2v) is 10.00. The summed E-state index contributed by atoms with van der Waals surface area (Å²) in [7, 11) is 0. The average Bonchev–Trinajstić information content (AvgIpc) is 3.13. The molecule has 0 unspecified atom stereocenters. The van der Waals surface area contributed by atoms with Gasteiger partial charge in [-0.25, -0.2) is 0 Å². The molecule has 1 aliphatic heterocycles. The molecule has 1 fully saturated rings. The third-order valence-corrected chi connectivity index (χ3v) is 7.07. The number of aromatic nitrogens is 1. The number of benzene rings is 2. The molecule has 0 saturated carbocycles. The number of oxazole rings is 1. The first-order chi connectivity index (χ1) is 14.9. The van der Waals surface area contributed by atoms with Gasteiger partial charge in [-0.2, -0.15) is 4.98 Å². The van der Waals surface area contributed by atoms with Crippen LogP contribution in [0.1, 0.15) is 37.8 Å². The van der Waals surface area contributed by atoms with E-state index >= 15 is 0 Å². The summed E-state index contributed by atoms with van der Waals surface area (Å²) >= 11 is 12.2. The van der Waals surface area contributed by atoms with E-state index in [2.05, 4.69) is 54.2 Å². The lowest BCUT2D eigenvalue weighted by molar-refractivity contribution is 0.169. The summed E-state index contributed by atoms with van der Waals surface area (Å²) in [4.78, 5) is 7.21. The average molecular weight is 460 g/mol. The van der Waals surface area contributed by atoms with Gasteiger partial charge in [-0.15, -0.1) is 0 Å². The monoisotopic (exact) mass is 459 g/mol. The minimum absolute atomic E-state index is 0.292. The van der Waals surface area contributed by atoms with Gasteiger partial charge in [0.1, 0.15) is 5.52 Å². The van der Waals surface area contributed by atoms with Crippen LogP contribution in [0.3, 0.4) is 0 Å². The molecule has 0 spiro atoms. The molecule has 1 atom stereocenters. The molecular formula is C25H31Cl2N3O. The predicted molar refractivity (Wildman–Crippen MR) is 130 cm³/mol. The highest BCUT2D eigenvalue weighted by molar-refractivity contribution is 6.42. The highest BCUT2D eigenvalue weighted by atomic mass is 35.5. The summed E-state index contributed by atoms with van der Waals surface area (Å²) in [6.07, 6.45) is 3.47. The second-order valence-electron chi connectivity index (χ2n) is 9.18. The summed E-state index contributed by atoms with van der Waals surface area (Å²) in [5, 5.41) is 4.83. The Balaban J connectivity index is 1.32. The maximum Gasteiger partial charge on any atom is 0.295 e. The van der Waals surface area contributed by atoms with Gasteiger partial charge < -0.3 is 14.6 Å². The number of nitrogens with zero attached hydrogens (tertiary/aromatic N) is 2. The molecule has 1 N–H and O–H groups in total. The molecule has 4 rings (SSSR count). The van der Waals surface area contributed by atoms with Gasteiger partial charge >= 0.3 is 0 Å². The van der Waals surface area contributed by atoms with E-state index in [4.69, 9.17) is 27.6 Å². The van der Waals surface area contributed by atoms with Crippen LogP contribution in [-0.4, -0.2) is 35.6 Å². The lowest BCUT2D eigenvalue weighted by atomic mass is 9.89. The maximum absolute atomic E-state index is 6.18. The number of halogens is 2. The van der Waals surface area contributed by atoms with Gasteiger partial charge in [0.25, 0.3) is 6.01 Å². The zero-order valence-electron chi connectivity index (χ0n) is 18.5. The van der Waals surface area contributed by atoms with Crippen molar-refractivity contribution in [1.29, 1.82) is 0 Å². The third-order valence-electron chi connectivity index (χ3n) is 6.33. The Kier molecular flexibility index (Phi) is 7.10. The fraction of sp³-hybridized carbons (Fsp3) is 0.480. The van der Waals surface area contributed by atoms with Crippen molar-refractivity contribution < 1.29 is 4.42 Å². The Hall–Kier alpha value is -1.75. The number of likely N-dealkylation sites (tertiary alicyclic amines) is 1. The van der Waals surface area contributed by atoms with Crippen molar-refractivity contribution in [2.45, 2.75) is 46.1 Å². The van der Waals surface area contributed by atoms with E-state index in [1.54, 1.807) is 0 Å². The summed E-state index contributed by atoms with van der Waals surface area (Å²) in [6, 6.07) is 13.0. The summed E-state index contributed by atoms with van der Waals surface area (Å²) in [5.74, 6) is 1.17. The first kappa shape index (κ1) is 22.4. The molecule has 2 aromatic carbocycles. The fourth-order valence-corrected chi connectivity index (χ4v) is 4.65. The molecule has 3 aromatic rings. The van der Waals surface area contributed by atoms with Crippen molar-refractivity contribution in [3.8, 4) is 0 Å². The van der Waals surface area contributed by atoms with Crippen molar-refractivity contribution in [2.75, 3.05) is 25.0 Å². The third kappa shape index (κ3) is 5.74. The molecule has 0 aliphatic carbocycles. The predicted octanol–water partition coefficient (Wildman–Crippen LogP) is 6.83. The van der Waals surface area contributed by atoms with Crippen LogP contribution in [0, 0.1) is 18.8 Å². The number of nitrogens with one attached hydrogen (secondary N) is 1. The lowest BCUT2D eigenvalue weighted by Gasteiger charge is -2.35. The van der Waals surface area contributed by atoms with E-state index in [-0.39, 0.29) is 0 Å². The van der Waals surface area contributed by atoms with Crippen molar-refractivity contribution in [1.82, 2.24) is 9.88 Å². The molecule has 4 nitrogen and oxygen atoms in total. The quantitative estimate of drug-likeness (QED) is 0.419. The van der Waals surface area contributed by atoms with Crippen LogP contribution in [0.4, 0.5) is 6.01 Å². The lowest BCUT2D eigenvalue weighted by Crippen LogP contribution is -2.43. The van der Waals surface area contributed by atoms with Gasteiger partial charge in [-0.05, 0) is 86.5 Å². The molecule has 1 saturated heterocycles. The van der Waals surface area contributed by atoms with Crippen molar-refractivity contribution in [2.24, 2.45) is 11.8 Å². The normalized spacial score (nSPS) is 16.8. The molecule has 166 valence electrons. The van der Waals surface area contributed by atoms with E-state index in [1.165, 1.54) is 24.0 Å².